The average Bonchev–Trinajstić information content (AvgIpc) is 2.69. The minimum absolute atomic E-state index is 0.00114. The van der Waals surface area contributed by atoms with E-state index in [1.807, 2.05) is 39.0 Å². The Labute approximate surface area is 169 Å². The highest BCUT2D eigenvalue weighted by atomic mass is 16.2. The molecule has 0 unspecified atom stereocenters. The zero-order valence-corrected chi connectivity index (χ0v) is 17.5. The quantitative estimate of drug-likeness (QED) is 0.709. The van der Waals surface area contributed by atoms with Crippen LogP contribution in [0.3, 0.4) is 0 Å². The van der Waals surface area contributed by atoms with E-state index in [2.05, 4.69) is 42.6 Å². The van der Waals surface area contributed by atoms with E-state index in [9.17, 15) is 9.59 Å². The number of hydrogen-bond acceptors (Lipinski definition) is 2. The van der Waals surface area contributed by atoms with Gasteiger partial charge in [0.15, 0.2) is 0 Å². The van der Waals surface area contributed by atoms with Crippen molar-refractivity contribution >= 4 is 11.8 Å². The van der Waals surface area contributed by atoms with Gasteiger partial charge in [0.05, 0.1) is 0 Å². The van der Waals surface area contributed by atoms with Crippen LogP contribution in [0.25, 0.3) is 0 Å². The van der Waals surface area contributed by atoms with Crippen molar-refractivity contribution in [3.63, 3.8) is 0 Å². The maximum Gasteiger partial charge on any atom is 0.242 e. The summed E-state index contributed by atoms with van der Waals surface area (Å²) in [5.74, 6) is -0.0978. The van der Waals surface area contributed by atoms with E-state index in [-0.39, 0.29) is 11.8 Å². The van der Waals surface area contributed by atoms with Gasteiger partial charge in [-0.15, -0.1) is 0 Å². The fourth-order valence-corrected chi connectivity index (χ4v) is 3.14. The van der Waals surface area contributed by atoms with Crippen molar-refractivity contribution in [2.75, 3.05) is 6.54 Å². The van der Waals surface area contributed by atoms with Crippen molar-refractivity contribution in [1.29, 1.82) is 0 Å². The molecule has 1 atom stereocenters. The van der Waals surface area contributed by atoms with Crippen LogP contribution in [0, 0.1) is 13.8 Å². The molecule has 0 aliphatic rings. The van der Waals surface area contributed by atoms with Gasteiger partial charge >= 0.3 is 0 Å². The van der Waals surface area contributed by atoms with Gasteiger partial charge in [-0.05, 0) is 44.7 Å². The molecule has 4 nitrogen and oxygen atoms in total. The lowest BCUT2D eigenvalue weighted by Gasteiger charge is -2.29. The van der Waals surface area contributed by atoms with Gasteiger partial charge in [-0.1, -0.05) is 66.6 Å². The molecule has 2 aromatic rings. The van der Waals surface area contributed by atoms with Gasteiger partial charge in [0.25, 0.3) is 0 Å². The zero-order chi connectivity index (χ0) is 20.5. The molecule has 0 saturated heterocycles. The summed E-state index contributed by atoms with van der Waals surface area (Å²) in [6.07, 6.45) is 1.94. The van der Waals surface area contributed by atoms with Crippen LogP contribution in [0.4, 0.5) is 0 Å². The topological polar surface area (TPSA) is 49.4 Å². The predicted octanol–water partition coefficient (Wildman–Crippen LogP) is 4.18. The Kier molecular flexibility index (Phi) is 8.24. The molecular formula is C24H32N2O2. The first-order valence-corrected chi connectivity index (χ1v) is 10.1. The lowest BCUT2D eigenvalue weighted by Crippen LogP contribution is -2.47. The van der Waals surface area contributed by atoms with E-state index in [0.29, 0.717) is 25.9 Å². The number of rotatable bonds is 9. The minimum atomic E-state index is -0.502. The summed E-state index contributed by atoms with van der Waals surface area (Å²) in [7, 11) is 0. The van der Waals surface area contributed by atoms with E-state index in [0.717, 1.165) is 23.1 Å². The smallest absolute Gasteiger partial charge is 0.242 e. The molecule has 150 valence electrons. The third kappa shape index (κ3) is 6.52. The predicted molar refractivity (Wildman–Crippen MR) is 114 cm³/mol. The van der Waals surface area contributed by atoms with Gasteiger partial charge in [-0.3, -0.25) is 9.59 Å². The molecule has 0 spiro atoms. The molecule has 0 radical (unpaired) electrons. The van der Waals surface area contributed by atoms with Gasteiger partial charge in [-0.25, -0.2) is 0 Å². The molecule has 0 aliphatic carbocycles. The maximum absolute atomic E-state index is 13.0. The van der Waals surface area contributed by atoms with Crippen LogP contribution in [-0.2, 0) is 22.6 Å². The van der Waals surface area contributed by atoms with Crippen molar-refractivity contribution in [3.8, 4) is 0 Å². The van der Waals surface area contributed by atoms with Crippen LogP contribution in [-0.4, -0.2) is 29.3 Å². The molecule has 2 rings (SSSR count). The van der Waals surface area contributed by atoms with Crippen LogP contribution in [0.5, 0.6) is 0 Å². The maximum atomic E-state index is 13.0. The molecular weight excluding hydrogens is 348 g/mol. The van der Waals surface area contributed by atoms with Crippen LogP contribution < -0.4 is 5.32 Å². The van der Waals surface area contributed by atoms with Crippen molar-refractivity contribution < 1.29 is 9.59 Å². The number of nitrogens with one attached hydrogen (secondary N) is 1. The summed E-state index contributed by atoms with van der Waals surface area (Å²) >= 11 is 0. The second kappa shape index (κ2) is 10.6. The van der Waals surface area contributed by atoms with E-state index >= 15 is 0 Å². The van der Waals surface area contributed by atoms with Crippen LogP contribution in [0.15, 0.2) is 48.5 Å². The first kappa shape index (κ1) is 21.7. The SMILES string of the molecule is CCCNC(=O)[C@@H](C)N(Cc1cccc(C)c1)C(=O)CCc1ccc(C)cc1. The number of amides is 2. The molecule has 0 fully saturated rings. The van der Waals surface area contributed by atoms with E-state index < -0.39 is 6.04 Å². The molecule has 2 aromatic carbocycles. The van der Waals surface area contributed by atoms with Gasteiger partial charge in [-0.2, -0.15) is 0 Å². The largest absolute Gasteiger partial charge is 0.354 e. The molecule has 1 N–H and O–H groups in total. The average molecular weight is 381 g/mol. The Morgan fingerprint density at radius 3 is 2.36 bits per heavy atom. The molecule has 0 aliphatic heterocycles. The van der Waals surface area contributed by atoms with Crippen molar-refractivity contribution in [2.24, 2.45) is 0 Å². The highest BCUT2D eigenvalue weighted by Crippen LogP contribution is 2.14. The third-order valence-electron chi connectivity index (χ3n) is 4.90. The number of benzene rings is 2. The van der Waals surface area contributed by atoms with Crippen LogP contribution >= 0.6 is 0 Å². The van der Waals surface area contributed by atoms with E-state index in [4.69, 9.17) is 0 Å². The highest BCUT2D eigenvalue weighted by molar-refractivity contribution is 5.87. The lowest BCUT2D eigenvalue weighted by molar-refractivity contribution is -0.140. The summed E-state index contributed by atoms with van der Waals surface area (Å²) in [6.45, 7) is 8.97. The summed E-state index contributed by atoms with van der Waals surface area (Å²) < 4.78 is 0. The molecule has 28 heavy (non-hydrogen) atoms. The summed E-state index contributed by atoms with van der Waals surface area (Å²) in [5.41, 5.74) is 4.53. The molecule has 0 bridgehead atoms. The van der Waals surface area contributed by atoms with Gasteiger partial charge in [0, 0.05) is 19.5 Å². The number of nitrogens with zero attached hydrogens (tertiary/aromatic N) is 1. The lowest BCUT2D eigenvalue weighted by atomic mass is 10.1. The first-order valence-electron chi connectivity index (χ1n) is 10.1. The summed E-state index contributed by atoms with van der Waals surface area (Å²) in [4.78, 5) is 27.3. The number of carbonyl (C=O) groups is 2. The van der Waals surface area contributed by atoms with Crippen molar-refractivity contribution in [1.82, 2.24) is 10.2 Å². The summed E-state index contributed by atoms with van der Waals surface area (Å²) in [5, 5.41) is 2.91. The van der Waals surface area contributed by atoms with Crippen LogP contribution in [0.2, 0.25) is 0 Å². The number of aryl methyl sites for hydroxylation is 3. The summed E-state index contributed by atoms with van der Waals surface area (Å²) in [6, 6.07) is 15.8. The Morgan fingerprint density at radius 1 is 1.00 bits per heavy atom. The highest BCUT2D eigenvalue weighted by Gasteiger charge is 2.25. The first-order chi connectivity index (χ1) is 13.4. The van der Waals surface area contributed by atoms with E-state index in [1.165, 1.54) is 5.56 Å². The third-order valence-corrected chi connectivity index (χ3v) is 4.90. The molecule has 0 aromatic heterocycles. The minimum Gasteiger partial charge on any atom is -0.354 e. The second-order valence-corrected chi connectivity index (χ2v) is 7.46. The Morgan fingerprint density at radius 2 is 1.71 bits per heavy atom. The fourth-order valence-electron chi connectivity index (χ4n) is 3.14. The molecule has 2 amide bonds. The van der Waals surface area contributed by atoms with Gasteiger partial charge in [0.2, 0.25) is 11.8 Å². The fraction of sp³-hybridized carbons (Fsp3) is 0.417. The number of carbonyl (C=O) groups excluding carboxylic acids is 2. The van der Waals surface area contributed by atoms with Gasteiger partial charge in [0.1, 0.15) is 6.04 Å². The second-order valence-electron chi connectivity index (χ2n) is 7.46. The Balaban J connectivity index is 2.12. The van der Waals surface area contributed by atoms with E-state index in [1.54, 1.807) is 4.90 Å². The van der Waals surface area contributed by atoms with Gasteiger partial charge < -0.3 is 10.2 Å². The molecule has 0 saturated carbocycles. The molecule has 4 heteroatoms. The van der Waals surface area contributed by atoms with Crippen molar-refractivity contribution in [2.45, 2.75) is 59.5 Å². The molecule has 0 heterocycles. The standard InChI is InChI=1S/C24H32N2O2/c1-5-15-25-24(28)20(4)26(17-22-8-6-7-19(3)16-22)23(27)14-13-21-11-9-18(2)10-12-21/h6-12,16,20H,5,13-15,17H2,1-4H3,(H,25,28)/t20-/m1/s1. The normalized spacial score (nSPS) is 11.7. The number of hydrogen-bond donors (Lipinski definition) is 1. The monoisotopic (exact) mass is 380 g/mol. The van der Waals surface area contributed by atoms with Crippen molar-refractivity contribution in [3.05, 3.63) is 70.8 Å². The van der Waals surface area contributed by atoms with Crippen LogP contribution in [0.1, 0.15) is 48.9 Å². The Hall–Kier alpha value is -2.62. The zero-order valence-electron chi connectivity index (χ0n) is 17.5. The Bertz CT molecular complexity index is 783.